The molecule has 0 aliphatic rings. The van der Waals surface area contributed by atoms with Crippen LogP contribution < -0.4 is 14.8 Å². The van der Waals surface area contributed by atoms with Crippen LogP contribution in [0.25, 0.3) is 0 Å². The van der Waals surface area contributed by atoms with Crippen molar-refractivity contribution in [2.45, 2.75) is 20.1 Å². The number of carbonyl (C=O) groups is 1. The molecule has 0 spiro atoms. The van der Waals surface area contributed by atoms with E-state index in [1.165, 1.54) is 31.4 Å². The van der Waals surface area contributed by atoms with Crippen molar-refractivity contribution in [1.82, 2.24) is 9.78 Å². The van der Waals surface area contributed by atoms with Crippen molar-refractivity contribution in [1.29, 1.82) is 0 Å². The SMILES string of the molecule is COc1ccc(C)cc1NC(=O)c1cn(Cc2ccc(F)cc2)nc1OCc1ccc(F)cc1. The lowest BCUT2D eigenvalue weighted by Crippen LogP contribution is -2.13. The number of ether oxygens (including phenoxy) is 2. The Balaban J connectivity index is 1.60. The Morgan fingerprint density at radius 1 is 0.971 bits per heavy atom. The first-order valence-corrected chi connectivity index (χ1v) is 10.6. The van der Waals surface area contributed by atoms with E-state index in [2.05, 4.69) is 10.4 Å². The van der Waals surface area contributed by atoms with Gasteiger partial charge in [-0.2, -0.15) is 0 Å². The van der Waals surface area contributed by atoms with Crippen molar-refractivity contribution in [3.8, 4) is 11.6 Å². The number of carbonyl (C=O) groups excluding carboxylic acids is 1. The molecule has 1 aromatic heterocycles. The highest BCUT2D eigenvalue weighted by Gasteiger charge is 2.20. The highest BCUT2D eigenvalue weighted by atomic mass is 19.1. The number of benzene rings is 3. The number of rotatable bonds is 8. The topological polar surface area (TPSA) is 65.4 Å². The molecule has 174 valence electrons. The number of aryl methyl sites for hydroxylation is 1. The summed E-state index contributed by atoms with van der Waals surface area (Å²) < 4.78 is 39.2. The van der Waals surface area contributed by atoms with Crippen LogP contribution in [0.3, 0.4) is 0 Å². The number of hydrogen-bond donors (Lipinski definition) is 1. The third kappa shape index (κ3) is 5.58. The highest BCUT2D eigenvalue weighted by Crippen LogP contribution is 2.27. The van der Waals surface area contributed by atoms with Gasteiger partial charge in [-0.1, -0.05) is 30.3 Å². The van der Waals surface area contributed by atoms with Gasteiger partial charge in [-0.15, -0.1) is 5.10 Å². The predicted octanol–water partition coefficient (Wildman–Crippen LogP) is 5.36. The van der Waals surface area contributed by atoms with Gasteiger partial charge >= 0.3 is 0 Å². The maximum atomic E-state index is 13.3. The second-order valence-corrected chi connectivity index (χ2v) is 7.74. The number of halogens is 2. The third-order valence-corrected chi connectivity index (χ3v) is 5.12. The normalized spacial score (nSPS) is 10.7. The van der Waals surface area contributed by atoms with Crippen molar-refractivity contribution in [3.05, 3.63) is 107 Å². The molecule has 0 aliphatic carbocycles. The van der Waals surface area contributed by atoms with Gasteiger partial charge in [0.15, 0.2) is 0 Å². The van der Waals surface area contributed by atoms with Gasteiger partial charge in [0.1, 0.15) is 29.6 Å². The molecule has 0 bridgehead atoms. The van der Waals surface area contributed by atoms with Crippen LogP contribution in [0.1, 0.15) is 27.0 Å². The Labute approximate surface area is 195 Å². The van der Waals surface area contributed by atoms with E-state index in [1.54, 1.807) is 47.3 Å². The van der Waals surface area contributed by atoms with Crippen molar-refractivity contribution >= 4 is 11.6 Å². The van der Waals surface area contributed by atoms with Crippen molar-refractivity contribution in [3.63, 3.8) is 0 Å². The number of aromatic nitrogens is 2. The minimum Gasteiger partial charge on any atom is -0.495 e. The maximum absolute atomic E-state index is 13.3. The second-order valence-electron chi connectivity index (χ2n) is 7.74. The van der Waals surface area contributed by atoms with Crippen LogP contribution in [-0.4, -0.2) is 22.8 Å². The molecule has 0 atom stereocenters. The smallest absolute Gasteiger partial charge is 0.262 e. The first-order valence-electron chi connectivity index (χ1n) is 10.6. The van der Waals surface area contributed by atoms with E-state index in [4.69, 9.17) is 9.47 Å². The van der Waals surface area contributed by atoms with Crippen LogP contribution in [0.4, 0.5) is 14.5 Å². The largest absolute Gasteiger partial charge is 0.495 e. The fourth-order valence-electron chi connectivity index (χ4n) is 3.37. The first kappa shape index (κ1) is 23.0. The van der Waals surface area contributed by atoms with Gasteiger partial charge in [-0.05, 0) is 60.0 Å². The lowest BCUT2D eigenvalue weighted by atomic mass is 10.2. The second kappa shape index (κ2) is 10.2. The van der Waals surface area contributed by atoms with Crippen LogP contribution in [0.5, 0.6) is 11.6 Å². The average molecular weight is 463 g/mol. The van der Waals surface area contributed by atoms with Crippen LogP contribution in [0.15, 0.2) is 72.9 Å². The van der Waals surface area contributed by atoms with E-state index < -0.39 is 5.91 Å². The fourth-order valence-corrected chi connectivity index (χ4v) is 3.37. The van der Waals surface area contributed by atoms with Crippen molar-refractivity contribution < 1.29 is 23.0 Å². The summed E-state index contributed by atoms with van der Waals surface area (Å²) in [5, 5.41) is 7.27. The number of anilines is 1. The minimum atomic E-state index is -0.427. The van der Waals surface area contributed by atoms with Gasteiger partial charge in [0, 0.05) is 6.20 Å². The number of amides is 1. The molecule has 0 saturated heterocycles. The molecule has 1 amide bonds. The molecule has 0 radical (unpaired) electrons. The van der Waals surface area contributed by atoms with Crippen molar-refractivity contribution in [2.24, 2.45) is 0 Å². The van der Waals surface area contributed by atoms with Crippen LogP contribution >= 0.6 is 0 Å². The molecule has 0 unspecified atom stereocenters. The van der Waals surface area contributed by atoms with E-state index in [0.717, 1.165) is 16.7 Å². The van der Waals surface area contributed by atoms with E-state index >= 15 is 0 Å². The highest BCUT2D eigenvalue weighted by molar-refractivity contribution is 6.06. The number of nitrogens with one attached hydrogen (secondary N) is 1. The van der Waals surface area contributed by atoms with E-state index in [1.807, 2.05) is 13.0 Å². The van der Waals surface area contributed by atoms with Gasteiger partial charge < -0.3 is 14.8 Å². The number of methoxy groups -OCH3 is 1. The standard InChI is InChI=1S/C26H23F2N3O3/c1-17-3-12-24(33-2)23(13-17)29-25(32)22-15-31(14-18-4-8-20(27)9-5-18)30-26(22)34-16-19-6-10-21(28)11-7-19/h3-13,15H,14,16H2,1-2H3,(H,29,32). The maximum Gasteiger partial charge on any atom is 0.262 e. The Morgan fingerprint density at radius 2 is 1.62 bits per heavy atom. The van der Waals surface area contributed by atoms with Crippen LogP contribution in [0, 0.1) is 18.6 Å². The van der Waals surface area contributed by atoms with Crippen LogP contribution in [0.2, 0.25) is 0 Å². The zero-order valence-corrected chi connectivity index (χ0v) is 18.7. The molecular weight excluding hydrogens is 440 g/mol. The molecule has 4 aromatic rings. The molecule has 0 saturated carbocycles. The van der Waals surface area contributed by atoms with Gasteiger partial charge in [-0.3, -0.25) is 9.48 Å². The first-order chi connectivity index (χ1) is 16.4. The summed E-state index contributed by atoms with van der Waals surface area (Å²) in [6.07, 6.45) is 1.57. The molecule has 34 heavy (non-hydrogen) atoms. The van der Waals surface area contributed by atoms with Crippen molar-refractivity contribution in [2.75, 3.05) is 12.4 Å². The molecule has 0 aliphatic heterocycles. The fraction of sp³-hybridized carbons (Fsp3) is 0.154. The lowest BCUT2D eigenvalue weighted by Gasteiger charge is -2.11. The average Bonchev–Trinajstić information content (AvgIpc) is 3.23. The molecule has 1 heterocycles. The third-order valence-electron chi connectivity index (χ3n) is 5.12. The van der Waals surface area contributed by atoms with Gasteiger partial charge in [0.2, 0.25) is 5.88 Å². The van der Waals surface area contributed by atoms with E-state index in [-0.39, 0.29) is 29.7 Å². The molecule has 4 rings (SSSR count). The molecule has 1 N–H and O–H groups in total. The molecule has 6 nitrogen and oxygen atoms in total. The Hall–Kier alpha value is -4.20. The summed E-state index contributed by atoms with van der Waals surface area (Å²) in [7, 11) is 1.53. The molecular formula is C26H23F2N3O3. The Bertz CT molecular complexity index is 1290. The zero-order chi connectivity index (χ0) is 24.1. The summed E-state index contributed by atoms with van der Waals surface area (Å²) in [6.45, 7) is 2.32. The summed E-state index contributed by atoms with van der Waals surface area (Å²) in [5.41, 5.74) is 3.22. The quantitative estimate of drug-likeness (QED) is 0.382. The van der Waals surface area contributed by atoms with Crippen LogP contribution in [-0.2, 0) is 13.2 Å². The summed E-state index contributed by atoms with van der Waals surface area (Å²) in [6, 6.07) is 17.4. The monoisotopic (exact) mass is 463 g/mol. The number of nitrogens with zero attached hydrogens (tertiary/aromatic N) is 2. The Morgan fingerprint density at radius 3 is 2.26 bits per heavy atom. The summed E-state index contributed by atoms with van der Waals surface area (Å²) in [4.78, 5) is 13.2. The minimum absolute atomic E-state index is 0.0991. The number of hydrogen-bond acceptors (Lipinski definition) is 4. The molecule has 3 aromatic carbocycles. The van der Waals surface area contributed by atoms with Gasteiger partial charge in [0.05, 0.1) is 19.3 Å². The van der Waals surface area contributed by atoms with E-state index in [9.17, 15) is 13.6 Å². The van der Waals surface area contributed by atoms with Gasteiger partial charge in [0.25, 0.3) is 5.91 Å². The van der Waals surface area contributed by atoms with Gasteiger partial charge in [-0.25, -0.2) is 8.78 Å². The lowest BCUT2D eigenvalue weighted by molar-refractivity contribution is 0.102. The van der Waals surface area contributed by atoms with E-state index in [0.29, 0.717) is 18.0 Å². The summed E-state index contributed by atoms with van der Waals surface area (Å²) >= 11 is 0. The molecule has 8 heteroatoms. The Kier molecular flexibility index (Phi) is 6.87. The summed E-state index contributed by atoms with van der Waals surface area (Å²) in [5.74, 6) is -0.468. The zero-order valence-electron chi connectivity index (χ0n) is 18.7. The molecule has 0 fully saturated rings. The predicted molar refractivity (Wildman–Crippen MR) is 124 cm³/mol.